The zero-order valence-electron chi connectivity index (χ0n) is 15.3. The molecule has 2 N–H and O–H groups in total. The maximum absolute atomic E-state index is 12.9. The molecule has 3 rings (SSSR count). The number of fused-ring (bicyclic) bond motifs is 1. The van der Waals surface area contributed by atoms with Crippen molar-refractivity contribution < 1.29 is 24.2 Å². The predicted octanol–water partition coefficient (Wildman–Crippen LogP) is 1.01. The van der Waals surface area contributed by atoms with Crippen molar-refractivity contribution in [1.82, 2.24) is 20.4 Å². The van der Waals surface area contributed by atoms with E-state index in [4.69, 9.17) is 4.74 Å². The predicted molar refractivity (Wildman–Crippen MR) is 109 cm³/mol. The topological polar surface area (TPSA) is 122 Å². The monoisotopic (exact) mass is 462 g/mol. The Hall–Kier alpha value is -1.28. The van der Waals surface area contributed by atoms with Crippen LogP contribution in [0.5, 0.6) is 0 Å². The van der Waals surface area contributed by atoms with Gasteiger partial charge < -0.3 is 15.2 Å². The Bertz CT molecular complexity index is 844. The Morgan fingerprint density at radius 1 is 1.46 bits per heavy atom. The van der Waals surface area contributed by atoms with Crippen LogP contribution in [0.3, 0.4) is 0 Å². The van der Waals surface area contributed by atoms with Crippen molar-refractivity contribution >= 4 is 64.4 Å². The summed E-state index contributed by atoms with van der Waals surface area (Å²) in [6.45, 7) is 1.85. The van der Waals surface area contributed by atoms with E-state index >= 15 is 0 Å². The summed E-state index contributed by atoms with van der Waals surface area (Å²) in [7, 11) is 1.34. The standard InChI is InChI=1S/C15H18N4O5S4/c1-7-17-18-14(28-7)27-5-8-4-26-13-15(24-2,16-9(20)6-25-3)12(23)19(13)10(8)11(21)22/h13H,4-6H2,1-3H3,(H,16,20)(H,21,22)/t13-,15-/m0/s1. The third kappa shape index (κ3) is 3.77. The molecule has 0 aliphatic carbocycles. The molecule has 1 aromatic rings. The fourth-order valence-electron chi connectivity index (χ4n) is 2.91. The molecular formula is C15H18N4O5S4. The van der Waals surface area contributed by atoms with Crippen LogP contribution in [0.25, 0.3) is 0 Å². The van der Waals surface area contributed by atoms with Gasteiger partial charge in [0.15, 0.2) is 4.34 Å². The summed E-state index contributed by atoms with van der Waals surface area (Å²) in [5.74, 6) is -1.11. The van der Waals surface area contributed by atoms with Crippen molar-refractivity contribution in [2.75, 3.05) is 30.6 Å². The number of amides is 2. The molecule has 2 aliphatic rings. The number of aliphatic carboxylic acids is 1. The first kappa shape index (κ1) is 21.4. The largest absolute Gasteiger partial charge is 0.477 e. The highest BCUT2D eigenvalue weighted by Crippen LogP contribution is 2.47. The lowest BCUT2D eigenvalue weighted by Crippen LogP contribution is -2.80. The molecule has 28 heavy (non-hydrogen) atoms. The summed E-state index contributed by atoms with van der Waals surface area (Å²) >= 11 is 5.51. The second-order valence-corrected chi connectivity index (χ2v) is 10.2. The van der Waals surface area contributed by atoms with Crippen LogP contribution in [-0.2, 0) is 19.1 Å². The molecule has 2 aliphatic heterocycles. The fraction of sp³-hybridized carbons (Fsp3) is 0.533. The van der Waals surface area contributed by atoms with Gasteiger partial charge in [-0.25, -0.2) is 4.79 Å². The SMILES string of the molecule is CO[C@@]1(NC(=O)CSC)C(=O)N2C(C(=O)O)=C(CSc3nnc(C)s3)CS[C@H]21. The fourth-order valence-corrected chi connectivity index (χ4v) is 6.64. The lowest BCUT2D eigenvalue weighted by Gasteiger charge is -2.55. The number of ether oxygens (including phenoxy) is 1. The van der Waals surface area contributed by atoms with Crippen molar-refractivity contribution in [2.24, 2.45) is 0 Å². The third-order valence-electron chi connectivity index (χ3n) is 4.11. The number of hydrogen-bond acceptors (Lipinski definition) is 10. The third-order valence-corrected chi connectivity index (χ3v) is 8.10. The van der Waals surface area contributed by atoms with Crippen LogP contribution in [0.1, 0.15) is 5.01 Å². The molecule has 0 unspecified atom stereocenters. The van der Waals surface area contributed by atoms with Gasteiger partial charge in [0, 0.05) is 18.6 Å². The number of carboxylic acid groups (broad SMARTS) is 1. The maximum Gasteiger partial charge on any atom is 0.352 e. The van der Waals surface area contributed by atoms with Gasteiger partial charge in [0.2, 0.25) is 5.91 Å². The van der Waals surface area contributed by atoms with Gasteiger partial charge in [0.25, 0.3) is 11.6 Å². The molecule has 0 aromatic carbocycles. The number of β-lactam (4-membered cyclic amide) rings is 1. The van der Waals surface area contributed by atoms with Crippen molar-refractivity contribution in [3.05, 3.63) is 16.3 Å². The highest BCUT2D eigenvalue weighted by molar-refractivity contribution is 8.02. The van der Waals surface area contributed by atoms with E-state index in [2.05, 4.69) is 15.5 Å². The van der Waals surface area contributed by atoms with Crippen LogP contribution in [-0.4, -0.2) is 79.7 Å². The molecule has 2 atom stereocenters. The molecule has 3 heterocycles. The van der Waals surface area contributed by atoms with Gasteiger partial charge in [0.1, 0.15) is 16.1 Å². The average Bonchev–Trinajstić information content (AvgIpc) is 3.08. The summed E-state index contributed by atoms with van der Waals surface area (Å²) in [5, 5.41) is 20.5. The minimum absolute atomic E-state index is 0.0470. The Labute approximate surface area is 178 Å². The van der Waals surface area contributed by atoms with Gasteiger partial charge in [-0.05, 0) is 18.8 Å². The van der Waals surface area contributed by atoms with Crippen LogP contribution in [0, 0.1) is 6.92 Å². The molecule has 0 spiro atoms. The molecule has 1 fully saturated rings. The zero-order chi connectivity index (χ0) is 20.5. The molecular weight excluding hydrogens is 444 g/mol. The summed E-state index contributed by atoms with van der Waals surface area (Å²) in [5.41, 5.74) is -0.956. The van der Waals surface area contributed by atoms with E-state index in [0.29, 0.717) is 17.1 Å². The lowest BCUT2D eigenvalue weighted by molar-refractivity contribution is -0.192. The molecule has 9 nitrogen and oxygen atoms in total. The molecule has 2 amide bonds. The van der Waals surface area contributed by atoms with Crippen molar-refractivity contribution in [1.29, 1.82) is 0 Å². The van der Waals surface area contributed by atoms with Gasteiger partial charge in [0.05, 0.1) is 5.75 Å². The highest BCUT2D eigenvalue weighted by Gasteiger charge is 2.66. The molecule has 0 radical (unpaired) electrons. The number of aryl methyl sites for hydroxylation is 1. The normalized spacial score (nSPS) is 24.0. The average molecular weight is 463 g/mol. The number of methoxy groups -OCH3 is 1. The minimum atomic E-state index is -1.53. The Morgan fingerprint density at radius 2 is 2.21 bits per heavy atom. The Morgan fingerprint density at radius 3 is 2.79 bits per heavy atom. The van der Waals surface area contributed by atoms with Crippen molar-refractivity contribution in [3.63, 3.8) is 0 Å². The lowest BCUT2D eigenvalue weighted by atomic mass is 9.98. The van der Waals surface area contributed by atoms with E-state index in [9.17, 15) is 19.5 Å². The van der Waals surface area contributed by atoms with Gasteiger partial charge in [-0.1, -0.05) is 23.1 Å². The number of nitrogens with one attached hydrogen (secondary N) is 1. The highest BCUT2D eigenvalue weighted by atomic mass is 32.2. The number of carbonyl (C=O) groups excluding carboxylic acids is 2. The summed E-state index contributed by atoms with van der Waals surface area (Å²) < 4.78 is 6.12. The molecule has 152 valence electrons. The maximum atomic E-state index is 12.9. The van der Waals surface area contributed by atoms with E-state index in [-0.39, 0.29) is 17.4 Å². The summed E-state index contributed by atoms with van der Waals surface area (Å²) in [6.07, 6.45) is 1.78. The first-order valence-electron chi connectivity index (χ1n) is 8.02. The molecule has 1 aromatic heterocycles. The number of aromatic nitrogens is 2. The van der Waals surface area contributed by atoms with Crippen molar-refractivity contribution in [3.8, 4) is 0 Å². The van der Waals surface area contributed by atoms with Gasteiger partial charge in [-0.2, -0.15) is 11.8 Å². The summed E-state index contributed by atoms with van der Waals surface area (Å²) in [6, 6.07) is 0. The second-order valence-electron chi connectivity index (χ2n) is 5.89. The number of rotatable bonds is 8. The number of nitrogens with zero attached hydrogens (tertiary/aromatic N) is 3. The van der Waals surface area contributed by atoms with E-state index in [1.807, 2.05) is 6.92 Å². The van der Waals surface area contributed by atoms with Crippen LogP contribution in [0.15, 0.2) is 15.6 Å². The summed E-state index contributed by atoms with van der Waals surface area (Å²) in [4.78, 5) is 38.0. The number of carboxylic acids is 1. The Balaban J connectivity index is 1.82. The number of hydrogen-bond donors (Lipinski definition) is 2. The molecule has 1 saturated heterocycles. The quantitative estimate of drug-likeness (QED) is 0.329. The van der Waals surface area contributed by atoms with E-state index in [1.54, 1.807) is 6.26 Å². The number of carbonyl (C=O) groups is 3. The van der Waals surface area contributed by atoms with Crippen LogP contribution in [0.4, 0.5) is 0 Å². The van der Waals surface area contributed by atoms with Crippen LogP contribution < -0.4 is 5.32 Å². The van der Waals surface area contributed by atoms with E-state index in [1.165, 1.54) is 58.6 Å². The van der Waals surface area contributed by atoms with E-state index < -0.39 is 23.0 Å². The first-order valence-corrected chi connectivity index (χ1v) is 12.3. The Kier molecular flexibility index (Phi) is 6.59. The first-order chi connectivity index (χ1) is 13.3. The molecule has 0 bridgehead atoms. The number of thioether (sulfide) groups is 3. The van der Waals surface area contributed by atoms with Crippen molar-refractivity contribution in [2.45, 2.75) is 22.4 Å². The zero-order valence-corrected chi connectivity index (χ0v) is 18.5. The molecule has 0 saturated carbocycles. The van der Waals surface area contributed by atoms with Gasteiger partial charge in [-0.3, -0.25) is 14.5 Å². The molecule has 13 heteroatoms. The second kappa shape index (κ2) is 8.61. The smallest absolute Gasteiger partial charge is 0.352 e. The van der Waals surface area contributed by atoms with Gasteiger partial charge >= 0.3 is 5.97 Å². The van der Waals surface area contributed by atoms with Crippen LogP contribution in [0.2, 0.25) is 0 Å². The van der Waals surface area contributed by atoms with E-state index in [0.717, 1.165) is 9.35 Å². The minimum Gasteiger partial charge on any atom is -0.477 e. The van der Waals surface area contributed by atoms with Crippen LogP contribution >= 0.6 is 46.6 Å². The van der Waals surface area contributed by atoms with Gasteiger partial charge in [-0.15, -0.1) is 22.0 Å².